The molecule has 7 heteroatoms. The molecule has 27 heavy (non-hydrogen) atoms. The molecule has 3 rings (SSSR count). The Labute approximate surface area is 154 Å². The molecule has 0 aliphatic rings. The van der Waals surface area contributed by atoms with Crippen LogP contribution in [0, 0.1) is 0 Å². The highest BCUT2D eigenvalue weighted by Gasteiger charge is 2.16. The number of benzene rings is 2. The van der Waals surface area contributed by atoms with Gasteiger partial charge in [-0.3, -0.25) is 4.79 Å². The van der Waals surface area contributed by atoms with Crippen LogP contribution in [0.15, 0.2) is 57.7 Å². The highest BCUT2D eigenvalue weighted by atomic mass is 16.7. The number of rotatable bonds is 5. The summed E-state index contributed by atoms with van der Waals surface area (Å²) in [6.45, 7) is 2.62. The Bertz CT molecular complexity index is 1040. The molecule has 1 aromatic heterocycles. The summed E-state index contributed by atoms with van der Waals surface area (Å²) in [6.07, 6.45) is -0.554. The number of carbonyl (C=O) groups excluding carboxylic acids is 2. The summed E-state index contributed by atoms with van der Waals surface area (Å²) >= 11 is 0. The van der Waals surface area contributed by atoms with E-state index in [1.165, 1.54) is 6.07 Å². The van der Waals surface area contributed by atoms with Crippen molar-refractivity contribution < 1.29 is 23.5 Å². The molecular formula is C20H17NO6. The number of para-hydroxylation sites is 1. The molecule has 0 bridgehead atoms. The number of carbonyl (C=O) groups is 2. The molecule has 0 spiro atoms. The lowest BCUT2D eigenvalue weighted by atomic mass is 10.1. The van der Waals surface area contributed by atoms with Gasteiger partial charge in [0.1, 0.15) is 22.6 Å². The van der Waals surface area contributed by atoms with Gasteiger partial charge < -0.3 is 18.8 Å². The lowest BCUT2D eigenvalue weighted by Crippen LogP contribution is -2.18. The Balaban J connectivity index is 2.04. The SMILES string of the molecule is CCN(C)c1cc(OC(=O)Oc2ccccc2)c2cc(C=O)c(=O)oc2c1. The highest BCUT2D eigenvalue weighted by Crippen LogP contribution is 2.31. The number of fused-ring (bicyclic) bond motifs is 1. The molecule has 138 valence electrons. The van der Waals surface area contributed by atoms with E-state index in [0.29, 0.717) is 29.7 Å². The normalized spacial score (nSPS) is 10.4. The molecule has 3 aromatic rings. The lowest BCUT2D eigenvalue weighted by molar-refractivity contribution is 0.112. The van der Waals surface area contributed by atoms with Crippen molar-refractivity contribution in [1.29, 1.82) is 0 Å². The maximum Gasteiger partial charge on any atom is 0.519 e. The number of hydrogen-bond donors (Lipinski definition) is 0. The molecule has 1 heterocycles. The molecule has 2 aromatic carbocycles. The Morgan fingerprint density at radius 1 is 1.15 bits per heavy atom. The van der Waals surface area contributed by atoms with Crippen LogP contribution in [0.5, 0.6) is 11.5 Å². The molecule has 0 amide bonds. The Morgan fingerprint density at radius 3 is 2.56 bits per heavy atom. The number of ether oxygens (including phenoxy) is 2. The molecule has 0 atom stereocenters. The van der Waals surface area contributed by atoms with Crippen molar-refractivity contribution in [2.75, 3.05) is 18.5 Å². The van der Waals surface area contributed by atoms with Crippen LogP contribution >= 0.6 is 0 Å². The van der Waals surface area contributed by atoms with Crippen molar-refractivity contribution >= 4 is 29.1 Å². The van der Waals surface area contributed by atoms with E-state index in [1.807, 2.05) is 18.9 Å². The fraction of sp³-hybridized carbons (Fsp3) is 0.150. The van der Waals surface area contributed by atoms with Gasteiger partial charge >= 0.3 is 11.8 Å². The summed E-state index contributed by atoms with van der Waals surface area (Å²) < 4.78 is 15.7. The molecule has 0 unspecified atom stereocenters. The first-order chi connectivity index (χ1) is 13.0. The van der Waals surface area contributed by atoms with Gasteiger partial charge in [0.25, 0.3) is 0 Å². The molecule has 0 aliphatic carbocycles. The van der Waals surface area contributed by atoms with E-state index in [9.17, 15) is 14.4 Å². The van der Waals surface area contributed by atoms with Gasteiger partial charge in [-0.1, -0.05) is 18.2 Å². The van der Waals surface area contributed by atoms with Crippen LogP contribution in [0.2, 0.25) is 0 Å². The smallest absolute Gasteiger partial charge is 0.422 e. The van der Waals surface area contributed by atoms with Crippen LogP contribution in [0.4, 0.5) is 10.5 Å². The zero-order valence-corrected chi connectivity index (χ0v) is 14.8. The van der Waals surface area contributed by atoms with Gasteiger partial charge in [-0.25, -0.2) is 9.59 Å². The maximum atomic E-state index is 12.2. The van der Waals surface area contributed by atoms with Crippen molar-refractivity contribution in [1.82, 2.24) is 0 Å². The van der Waals surface area contributed by atoms with E-state index >= 15 is 0 Å². The summed E-state index contributed by atoms with van der Waals surface area (Å²) in [5.41, 5.74) is -0.0487. The fourth-order valence-electron chi connectivity index (χ4n) is 2.45. The van der Waals surface area contributed by atoms with Gasteiger partial charge in [-0.15, -0.1) is 0 Å². The van der Waals surface area contributed by atoms with Crippen LogP contribution in [0.25, 0.3) is 11.0 Å². The predicted octanol–water partition coefficient (Wildman–Crippen LogP) is 3.64. The fourth-order valence-corrected chi connectivity index (χ4v) is 2.45. The van der Waals surface area contributed by atoms with E-state index in [2.05, 4.69) is 0 Å². The molecule has 0 saturated heterocycles. The van der Waals surface area contributed by atoms with Gasteiger partial charge in [0.15, 0.2) is 6.29 Å². The van der Waals surface area contributed by atoms with Crippen molar-refractivity contribution in [2.24, 2.45) is 0 Å². The Morgan fingerprint density at radius 2 is 1.89 bits per heavy atom. The number of hydrogen-bond acceptors (Lipinski definition) is 7. The molecule has 0 fully saturated rings. The first-order valence-electron chi connectivity index (χ1n) is 8.24. The molecule has 0 N–H and O–H groups in total. The highest BCUT2D eigenvalue weighted by molar-refractivity contribution is 5.92. The van der Waals surface area contributed by atoms with E-state index < -0.39 is 11.8 Å². The third-order valence-electron chi connectivity index (χ3n) is 4.01. The Hall–Kier alpha value is -3.61. The van der Waals surface area contributed by atoms with Gasteiger partial charge in [-0.2, -0.15) is 0 Å². The first-order valence-corrected chi connectivity index (χ1v) is 8.24. The van der Waals surface area contributed by atoms with Gasteiger partial charge in [0, 0.05) is 31.4 Å². The average Bonchev–Trinajstić information content (AvgIpc) is 2.67. The molecule has 7 nitrogen and oxygen atoms in total. The third kappa shape index (κ3) is 3.98. The van der Waals surface area contributed by atoms with Crippen molar-refractivity contribution in [3.8, 4) is 11.5 Å². The van der Waals surface area contributed by atoms with E-state index in [0.717, 1.165) is 0 Å². The summed E-state index contributed by atoms with van der Waals surface area (Å²) in [5.74, 6) is 0.448. The summed E-state index contributed by atoms with van der Waals surface area (Å²) in [7, 11) is 1.84. The summed E-state index contributed by atoms with van der Waals surface area (Å²) in [6, 6.07) is 13.1. The zero-order valence-electron chi connectivity index (χ0n) is 14.8. The number of anilines is 1. The summed E-state index contributed by atoms with van der Waals surface area (Å²) in [5, 5.41) is 0.315. The first kappa shape index (κ1) is 18.2. The zero-order chi connectivity index (χ0) is 19.4. The second kappa shape index (κ2) is 7.74. The van der Waals surface area contributed by atoms with Crippen LogP contribution in [-0.4, -0.2) is 26.0 Å². The van der Waals surface area contributed by atoms with E-state index in [4.69, 9.17) is 13.9 Å². The average molecular weight is 367 g/mol. The number of nitrogens with zero attached hydrogens (tertiary/aromatic N) is 1. The number of aldehydes is 1. The second-order valence-corrected chi connectivity index (χ2v) is 5.74. The van der Waals surface area contributed by atoms with Crippen LogP contribution in [0.1, 0.15) is 17.3 Å². The minimum atomic E-state index is -0.947. The minimum Gasteiger partial charge on any atom is -0.422 e. The molecule has 0 saturated carbocycles. The lowest BCUT2D eigenvalue weighted by Gasteiger charge is -2.18. The third-order valence-corrected chi connectivity index (χ3v) is 4.01. The molecular weight excluding hydrogens is 350 g/mol. The van der Waals surface area contributed by atoms with Crippen molar-refractivity contribution in [2.45, 2.75) is 6.92 Å². The van der Waals surface area contributed by atoms with Gasteiger partial charge in [0.2, 0.25) is 0 Å². The van der Waals surface area contributed by atoms with E-state index in [-0.39, 0.29) is 16.9 Å². The van der Waals surface area contributed by atoms with E-state index in [1.54, 1.807) is 42.5 Å². The molecule has 0 radical (unpaired) electrons. The minimum absolute atomic E-state index is 0.121. The maximum absolute atomic E-state index is 12.2. The van der Waals surface area contributed by atoms with Crippen molar-refractivity contribution in [3.63, 3.8) is 0 Å². The van der Waals surface area contributed by atoms with Gasteiger partial charge in [0.05, 0.1) is 5.39 Å². The standard InChI is InChI=1S/C20H17NO6/c1-3-21(2)14-10-17-16(9-13(12-22)19(23)26-17)18(11-14)27-20(24)25-15-7-5-4-6-8-15/h4-12H,3H2,1-2H3. The largest absolute Gasteiger partial charge is 0.519 e. The van der Waals surface area contributed by atoms with Crippen LogP contribution < -0.4 is 20.0 Å². The van der Waals surface area contributed by atoms with Crippen LogP contribution in [-0.2, 0) is 0 Å². The van der Waals surface area contributed by atoms with Crippen molar-refractivity contribution in [3.05, 3.63) is 64.5 Å². The molecule has 0 aliphatic heterocycles. The Kier molecular flexibility index (Phi) is 5.21. The quantitative estimate of drug-likeness (QED) is 0.294. The topological polar surface area (TPSA) is 86.0 Å². The second-order valence-electron chi connectivity index (χ2n) is 5.74. The van der Waals surface area contributed by atoms with Crippen LogP contribution in [0.3, 0.4) is 0 Å². The predicted molar refractivity (Wildman–Crippen MR) is 99.9 cm³/mol. The monoisotopic (exact) mass is 367 g/mol. The van der Waals surface area contributed by atoms with Gasteiger partial charge in [-0.05, 0) is 25.1 Å². The summed E-state index contributed by atoms with van der Waals surface area (Å²) in [4.78, 5) is 37.0.